The number of hydrogen-bond acceptors (Lipinski definition) is 5. The van der Waals surface area contributed by atoms with Crippen molar-refractivity contribution in [2.45, 2.75) is 0 Å². The van der Waals surface area contributed by atoms with E-state index in [4.69, 9.17) is 4.74 Å². The van der Waals surface area contributed by atoms with Crippen molar-refractivity contribution in [2.75, 3.05) is 12.4 Å². The van der Waals surface area contributed by atoms with Gasteiger partial charge in [0.1, 0.15) is 5.82 Å². The molecule has 0 aliphatic carbocycles. The SMILES string of the molecule is COc1cccc(-c2cc3cc[nH]c(=O)c3c(Nc3ccccc3)n2)n1. The Hall–Kier alpha value is -3.67. The Morgan fingerprint density at radius 2 is 1.81 bits per heavy atom. The average Bonchev–Trinajstić information content (AvgIpc) is 2.68. The van der Waals surface area contributed by atoms with Crippen molar-refractivity contribution in [3.8, 4) is 17.3 Å². The number of fused-ring (bicyclic) bond motifs is 1. The molecule has 128 valence electrons. The standard InChI is InChI=1S/C20H16N4O2/c1-26-17-9-5-8-15(23-17)16-12-13-10-11-21-20(25)18(13)19(24-16)22-14-6-3-2-4-7-14/h2-12H,1H3,(H,21,25)(H,22,24). The molecule has 2 N–H and O–H groups in total. The number of H-pyrrole nitrogens is 1. The number of rotatable bonds is 4. The summed E-state index contributed by atoms with van der Waals surface area (Å²) in [6.07, 6.45) is 1.62. The van der Waals surface area contributed by atoms with Gasteiger partial charge in [0.25, 0.3) is 5.56 Å². The normalized spacial score (nSPS) is 10.7. The van der Waals surface area contributed by atoms with E-state index in [0.29, 0.717) is 28.5 Å². The van der Waals surface area contributed by atoms with E-state index in [2.05, 4.69) is 20.3 Å². The van der Waals surface area contributed by atoms with Gasteiger partial charge in [-0.3, -0.25) is 4.79 Å². The molecule has 6 nitrogen and oxygen atoms in total. The Morgan fingerprint density at radius 1 is 0.962 bits per heavy atom. The highest BCUT2D eigenvalue weighted by atomic mass is 16.5. The van der Waals surface area contributed by atoms with Crippen molar-refractivity contribution >= 4 is 22.3 Å². The fraction of sp³-hybridized carbons (Fsp3) is 0.0500. The largest absolute Gasteiger partial charge is 0.481 e. The summed E-state index contributed by atoms with van der Waals surface area (Å²) in [7, 11) is 1.57. The van der Waals surface area contributed by atoms with Crippen LogP contribution in [0.25, 0.3) is 22.2 Å². The van der Waals surface area contributed by atoms with Crippen LogP contribution in [0.3, 0.4) is 0 Å². The third kappa shape index (κ3) is 3.00. The predicted octanol–water partition coefficient (Wildman–Crippen LogP) is 3.74. The minimum atomic E-state index is -0.196. The number of nitrogens with one attached hydrogen (secondary N) is 2. The zero-order valence-electron chi connectivity index (χ0n) is 14.1. The Kier molecular flexibility index (Phi) is 4.07. The lowest BCUT2D eigenvalue weighted by Gasteiger charge is -2.11. The summed E-state index contributed by atoms with van der Waals surface area (Å²) >= 11 is 0. The van der Waals surface area contributed by atoms with E-state index in [1.165, 1.54) is 0 Å². The van der Waals surface area contributed by atoms with Crippen LogP contribution in [-0.2, 0) is 0 Å². The number of methoxy groups -OCH3 is 1. The molecule has 4 rings (SSSR count). The van der Waals surface area contributed by atoms with Gasteiger partial charge in [0.05, 0.1) is 23.9 Å². The van der Waals surface area contributed by atoms with E-state index in [1.54, 1.807) is 19.4 Å². The third-order valence-electron chi connectivity index (χ3n) is 3.99. The number of aromatic amines is 1. The van der Waals surface area contributed by atoms with Gasteiger partial charge in [-0.25, -0.2) is 9.97 Å². The van der Waals surface area contributed by atoms with Crippen LogP contribution in [0.15, 0.2) is 71.7 Å². The fourth-order valence-corrected chi connectivity index (χ4v) is 2.77. The van der Waals surface area contributed by atoms with Gasteiger partial charge in [0, 0.05) is 18.0 Å². The molecule has 0 bridgehead atoms. The Labute approximate surface area is 149 Å². The lowest BCUT2D eigenvalue weighted by Crippen LogP contribution is -2.09. The van der Waals surface area contributed by atoms with Crippen molar-refractivity contribution in [3.05, 3.63) is 77.2 Å². The summed E-state index contributed by atoms with van der Waals surface area (Å²) in [6.45, 7) is 0. The van der Waals surface area contributed by atoms with Gasteiger partial charge in [-0.05, 0) is 35.7 Å². The van der Waals surface area contributed by atoms with Crippen LogP contribution in [0.5, 0.6) is 5.88 Å². The third-order valence-corrected chi connectivity index (χ3v) is 3.99. The first-order chi connectivity index (χ1) is 12.7. The molecule has 0 unspecified atom stereocenters. The van der Waals surface area contributed by atoms with Crippen molar-refractivity contribution in [1.82, 2.24) is 15.0 Å². The summed E-state index contributed by atoms with van der Waals surface area (Å²) < 4.78 is 5.20. The van der Waals surface area contributed by atoms with Gasteiger partial charge in [-0.15, -0.1) is 0 Å². The summed E-state index contributed by atoms with van der Waals surface area (Å²) in [5.74, 6) is 0.989. The maximum atomic E-state index is 12.4. The molecule has 26 heavy (non-hydrogen) atoms. The molecule has 0 aliphatic heterocycles. The topological polar surface area (TPSA) is 79.9 Å². The van der Waals surface area contributed by atoms with Crippen LogP contribution in [0.1, 0.15) is 0 Å². The van der Waals surface area contributed by atoms with Gasteiger partial charge in [-0.1, -0.05) is 24.3 Å². The first kappa shape index (κ1) is 15.8. The summed E-state index contributed by atoms with van der Waals surface area (Å²) in [5, 5.41) is 4.52. The minimum Gasteiger partial charge on any atom is -0.481 e. The highest BCUT2D eigenvalue weighted by Gasteiger charge is 2.12. The molecule has 1 aromatic carbocycles. The number of ether oxygens (including phenoxy) is 1. The Morgan fingerprint density at radius 3 is 2.62 bits per heavy atom. The number of pyridine rings is 3. The lowest BCUT2D eigenvalue weighted by molar-refractivity contribution is 0.398. The molecule has 0 spiro atoms. The number of nitrogens with zero attached hydrogens (tertiary/aromatic N) is 2. The molecule has 3 heterocycles. The van der Waals surface area contributed by atoms with Gasteiger partial charge >= 0.3 is 0 Å². The fourth-order valence-electron chi connectivity index (χ4n) is 2.77. The molecule has 3 aromatic heterocycles. The van der Waals surface area contributed by atoms with E-state index in [0.717, 1.165) is 11.1 Å². The van der Waals surface area contributed by atoms with E-state index in [1.807, 2.05) is 54.6 Å². The Balaban J connectivity index is 1.91. The second kappa shape index (κ2) is 6.68. The summed E-state index contributed by atoms with van der Waals surface area (Å²) in [4.78, 5) is 24.2. The first-order valence-electron chi connectivity index (χ1n) is 8.10. The van der Waals surface area contributed by atoms with Crippen molar-refractivity contribution in [2.24, 2.45) is 0 Å². The second-order valence-corrected chi connectivity index (χ2v) is 5.68. The first-order valence-corrected chi connectivity index (χ1v) is 8.10. The number of benzene rings is 1. The van der Waals surface area contributed by atoms with E-state index in [9.17, 15) is 4.79 Å². The van der Waals surface area contributed by atoms with E-state index >= 15 is 0 Å². The summed E-state index contributed by atoms with van der Waals surface area (Å²) in [6, 6.07) is 18.8. The minimum absolute atomic E-state index is 0.196. The predicted molar refractivity (Wildman–Crippen MR) is 102 cm³/mol. The second-order valence-electron chi connectivity index (χ2n) is 5.68. The van der Waals surface area contributed by atoms with Gasteiger partial charge in [-0.2, -0.15) is 0 Å². The number of aromatic nitrogens is 3. The molecule has 4 aromatic rings. The van der Waals surface area contributed by atoms with Crippen LogP contribution < -0.4 is 15.6 Å². The van der Waals surface area contributed by atoms with Crippen LogP contribution in [0.2, 0.25) is 0 Å². The van der Waals surface area contributed by atoms with Crippen LogP contribution in [0, 0.1) is 0 Å². The molecule has 0 saturated carbocycles. The quantitative estimate of drug-likeness (QED) is 0.589. The van der Waals surface area contributed by atoms with Crippen molar-refractivity contribution in [3.63, 3.8) is 0 Å². The van der Waals surface area contributed by atoms with Crippen LogP contribution in [-0.4, -0.2) is 22.1 Å². The highest BCUT2D eigenvalue weighted by Crippen LogP contribution is 2.27. The summed E-state index contributed by atoms with van der Waals surface area (Å²) in [5.41, 5.74) is 1.97. The molecule has 0 saturated heterocycles. The Bertz CT molecular complexity index is 1120. The molecule has 0 aliphatic rings. The van der Waals surface area contributed by atoms with Crippen LogP contribution >= 0.6 is 0 Å². The molecule has 0 amide bonds. The van der Waals surface area contributed by atoms with Gasteiger partial charge < -0.3 is 15.0 Å². The molecule has 0 fully saturated rings. The lowest BCUT2D eigenvalue weighted by atomic mass is 10.1. The maximum absolute atomic E-state index is 12.4. The highest BCUT2D eigenvalue weighted by molar-refractivity contribution is 5.94. The van der Waals surface area contributed by atoms with E-state index in [-0.39, 0.29) is 5.56 Å². The zero-order valence-corrected chi connectivity index (χ0v) is 14.1. The molecular weight excluding hydrogens is 328 g/mol. The average molecular weight is 344 g/mol. The smallest absolute Gasteiger partial charge is 0.259 e. The number of hydrogen-bond donors (Lipinski definition) is 2. The van der Waals surface area contributed by atoms with Crippen molar-refractivity contribution < 1.29 is 4.74 Å². The number of para-hydroxylation sites is 1. The monoisotopic (exact) mass is 344 g/mol. The number of anilines is 2. The molecule has 6 heteroatoms. The van der Waals surface area contributed by atoms with Crippen LogP contribution in [0.4, 0.5) is 11.5 Å². The van der Waals surface area contributed by atoms with Crippen molar-refractivity contribution in [1.29, 1.82) is 0 Å². The zero-order chi connectivity index (χ0) is 17.9. The molecular formula is C20H16N4O2. The van der Waals surface area contributed by atoms with E-state index < -0.39 is 0 Å². The molecule has 0 atom stereocenters. The van der Waals surface area contributed by atoms with Gasteiger partial charge in [0.15, 0.2) is 0 Å². The maximum Gasteiger partial charge on any atom is 0.259 e. The molecule has 0 radical (unpaired) electrons. The van der Waals surface area contributed by atoms with Gasteiger partial charge in [0.2, 0.25) is 5.88 Å².